The number of rotatable bonds is 5. The molecule has 0 saturated carbocycles. The van der Waals surface area contributed by atoms with Gasteiger partial charge in [0.1, 0.15) is 6.61 Å². The minimum atomic E-state index is -0.190. The average Bonchev–Trinajstić information content (AvgIpc) is 2.45. The number of nitrogens with zero attached hydrogens (tertiary/aromatic N) is 1. The van der Waals surface area contributed by atoms with E-state index in [1.165, 1.54) is 0 Å². The first-order valence-corrected chi connectivity index (χ1v) is 5.94. The van der Waals surface area contributed by atoms with Gasteiger partial charge < -0.3 is 4.74 Å². The Hall–Kier alpha value is -2.16. The molecule has 2 rings (SSSR count). The van der Waals surface area contributed by atoms with Gasteiger partial charge >= 0.3 is 5.97 Å². The maximum absolute atomic E-state index is 11.5. The van der Waals surface area contributed by atoms with Crippen LogP contribution in [0, 0.1) is 0 Å². The first kappa shape index (κ1) is 12.3. The fourth-order valence-corrected chi connectivity index (χ4v) is 1.60. The summed E-state index contributed by atoms with van der Waals surface area (Å²) in [5, 5.41) is 0. The predicted octanol–water partition coefficient (Wildman–Crippen LogP) is 2.76. The van der Waals surface area contributed by atoms with Crippen LogP contribution in [-0.2, 0) is 22.6 Å². The van der Waals surface area contributed by atoms with Crippen molar-refractivity contribution in [1.82, 2.24) is 4.98 Å². The van der Waals surface area contributed by atoms with E-state index in [2.05, 4.69) is 4.98 Å². The second kappa shape index (κ2) is 6.55. The molecule has 2 aromatic rings. The van der Waals surface area contributed by atoms with Crippen molar-refractivity contribution in [2.24, 2.45) is 0 Å². The van der Waals surface area contributed by atoms with E-state index >= 15 is 0 Å². The molecule has 0 saturated heterocycles. The SMILES string of the molecule is O=C(CCc1ccccc1)OCc1ccccn1. The van der Waals surface area contributed by atoms with Crippen LogP contribution in [0.3, 0.4) is 0 Å². The van der Waals surface area contributed by atoms with Crippen LogP contribution in [-0.4, -0.2) is 11.0 Å². The Bertz CT molecular complexity index is 437. The summed E-state index contributed by atoms with van der Waals surface area (Å²) in [6, 6.07) is 15.5. The number of ether oxygens (including phenoxy) is 1. The maximum Gasteiger partial charge on any atom is 0.306 e. The Morgan fingerprint density at radius 2 is 1.83 bits per heavy atom. The Balaban J connectivity index is 1.73. The zero-order valence-corrected chi connectivity index (χ0v) is 10.1. The van der Waals surface area contributed by atoms with Crippen molar-refractivity contribution in [3.8, 4) is 0 Å². The number of pyridine rings is 1. The van der Waals surface area contributed by atoms with Crippen LogP contribution >= 0.6 is 0 Å². The van der Waals surface area contributed by atoms with Gasteiger partial charge in [0.05, 0.1) is 5.69 Å². The number of aryl methyl sites for hydroxylation is 1. The van der Waals surface area contributed by atoms with E-state index in [0.29, 0.717) is 12.8 Å². The highest BCUT2D eigenvalue weighted by atomic mass is 16.5. The summed E-state index contributed by atoms with van der Waals surface area (Å²) < 4.78 is 5.15. The Morgan fingerprint density at radius 3 is 2.56 bits per heavy atom. The van der Waals surface area contributed by atoms with Gasteiger partial charge in [-0.2, -0.15) is 0 Å². The molecule has 0 bridgehead atoms. The predicted molar refractivity (Wildman–Crippen MR) is 68.8 cm³/mol. The molecule has 0 radical (unpaired) electrons. The summed E-state index contributed by atoms with van der Waals surface area (Å²) in [6.07, 6.45) is 2.80. The lowest BCUT2D eigenvalue weighted by Gasteiger charge is -2.04. The van der Waals surface area contributed by atoms with Crippen LogP contribution in [0.25, 0.3) is 0 Å². The lowest BCUT2D eigenvalue weighted by Crippen LogP contribution is -2.06. The van der Waals surface area contributed by atoms with E-state index in [0.717, 1.165) is 11.3 Å². The molecule has 0 amide bonds. The zero-order valence-electron chi connectivity index (χ0n) is 10.1. The van der Waals surface area contributed by atoms with Crippen LogP contribution in [0.5, 0.6) is 0 Å². The average molecular weight is 241 g/mol. The van der Waals surface area contributed by atoms with Crippen LogP contribution < -0.4 is 0 Å². The molecule has 0 unspecified atom stereocenters. The summed E-state index contributed by atoms with van der Waals surface area (Å²) in [5.74, 6) is -0.190. The van der Waals surface area contributed by atoms with E-state index in [-0.39, 0.29) is 12.6 Å². The van der Waals surface area contributed by atoms with Crippen LogP contribution in [0.4, 0.5) is 0 Å². The van der Waals surface area contributed by atoms with E-state index < -0.39 is 0 Å². The summed E-state index contributed by atoms with van der Waals surface area (Å²) in [7, 11) is 0. The van der Waals surface area contributed by atoms with E-state index in [1.807, 2.05) is 48.5 Å². The summed E-state index contributed by atoms with van der Waals surface area (Å²) in [6.45, 7) is 0.245. The van der Waals surface area contributed by atoms with Gasteiger partial charge in [0.2, 0.25) is 0 Å². The van der Waals surface area contributed by atoms with Gasteiger partial charge in [-0.25, -0.2) is 0 Å². The highest BCUT2D eigenvalue weighted by molar-refractivity contribution is 5.69. The van der Waals surface area contributed by atoms with Gasteiger partial charge in [-0.15, -0.1) is 0 Å². The van der Waals surface area contributed by atoms with Gasteiger partial charge in [-0.3, -0.25) is 9.78 Å². The van der Waals surface area contributed by atoms with E-state index in [4.69, 9.17) is 4.74 Å². The lowest BCUT2D eigenvalue weighted by atomic mass is 10.1. The Kier molecular flexibility index (Phi) is 4.47. The van der Waals surface area contributed by atoms with Crippen LogP contribution in [0.2, 0.25) is 0 Å². The number of aromatic nitrogens is 1. The lowest BCUT2D eigenvalue weighted by molar-refractivity contribution is -0.145. The van der Waals surface area contributed by atoms with E-state index in [9.17, 15) is 4.79 Å². The molecule has 0 aliphatic carbocycles. The molecular weight excluding hydrogens is 226 g/mol. The molecule has 92 valence electrons. The largest absolute Gasteiger partial charge is 0.459 e. The third-order valence-electron chi connectivity index (χ3n) is 2.57. The number of carbonyl (C=O) groups is 1. The highest BCUT2D eigenvalue weighted by Crippen LogP contribution is 2.04. The first-order chi connectivity index (χ1) is 8.84. The van der Waals surface area contributed by atoms with Crippen molar-refractivity contribution in [1.29, 1.82) is 0 Å². The van der Waals surface area contributed by atoms with Crippen LogP contribution in [0.15, 0.2) is 54.7 Å². The van der Waals surface area contributed by atoms with Gasteiger partial charge in [-0.05, 0) is 24.1 Å². The smallest absolute Gasteiger partial charge is 0.306 e. The van der Waals surface area contributed by atoms with Crippen molar-refractivity contribution in [2.45, 2.75) is 19.4 Å². The quantitative estimate of drug-likeness (QED) is 0.755. The van der Waals surface area contributed by atoms with Crippen molar-refractivity contribution < 1.29 is 9.53 Å². The molecule has 0 fully saturated rings. The molecule has 18 heavy (non-hydrogen) atoms. The van der Waals surface area contributed by atoms with Crippen molar-refractivity contribution in [2.75, 3.05) is 0 Å². The summed E-state index contributed by atoms with van der Waals surface area (Å²) >= 11 is 0. The fourth-order valence-electron chi connectivity index (χ4n) is 1.60. The molecule has 0 aliphatic rings. The van der Waals surface area contributed by atoms with Gasteiger partial charge in [0, 0.05) is 12.6 Å². The maximum atomic E-state index is 11.5. The van der Waals surface area contributed by atoms with Crippen molar-refractivity contribution in [3.63, 3.8) is 0 Å². The molecule has 1 aromatic carbocycles. The highest BCUT2D eigenvalue weighted by Gasteiger charge is 2.04. The standard InChI is InChI=1S/C15H15NO2/c17-15(10-9-13-6-2-1-3-7-13)18-12-14-8-4-5-11-16-14/h1-8,11H,9-10,12H2. The molecule has 3 nitrogen and oxygen atoms in total. The molecule has 1 aromatic heterocycles. The van der Waals surface area contributed by atoms with Crippen LogP contribution in [0.1, 0.15) is 17.7 Å². The third kappa shape index (κ3) is 4.01. The molecule has 0 atom stereocenters. The van der Waals surface area contributed by atoms with Crippen molar-refractivity contribution >= 4 is 5.97 Å². The Morgan fingerprint density at radius 1 is 1.06 bits per heavy atom. The number of hydrogen-bond acceptors (Lipinski definition) is 3. The Labute approximate surface area is 106 Å². The fraction of sp³-hybridized carbons (Fsp3) is 0.200. The summed E-state index contributed by atoms with van der Waals surface area (Å²) in [5.41, 5.74) is 1.91. The first-order valence-electron chi connectivity index (χ1n) is 5.94. The molecule has 0 spiro atoms. The minimum absolute atomic E-state index is 0.190. The molecule has 0 N–H and O–H groups in total. The number of esters is 1. The number of benzene rings is 1. The van der Waals surface area contributed by atoms with Crippen molar-refractivity contribution in [3.05, 3.63) is 66.0 Å². The normalized spacial score (nSPS) is 10.0. The minimum Gasteiger partial charge on any atom is -0.459 e. The third-order valence-corrected chi connectivity index (χ3v) is 2.57. The molecule has 0 aliphatic heterocycles. The molecule has 1 heterocycles. The topological polar surface area (TPSA) is 39.2 Å². The second-order valence-corrected chi connectivity index (χ2v) is 3.97. The molecule has 3 heteroatoms. The van der Waals surface area contributed by atoms with Gasteiger partial charge in [0.25, 0.3) is 0 Å². The summed E-state index contributed by atoms with van der Waals surface area (Å²) in [4.78, 5) is 15.6. The monoisotopic (exact) mass is 241 g/mol. The second-order valence-electron chi connectivity index (χ2n) is 3.97. The van der Waals surface area contributed by atoms with E-state index in [1.54, 1.807) is 6.20 Å². The molecular formula is C15H15NO2. The number of carbonyl (C=O) groups excluding carboxylic acids is 1. The number of hydrogen-bond donors (Lipinski definition) is 0. The zero-order chi connectivity index (χ0) is 12.6. The van der Waals surface area contributed by atoms with Gasteiger partial charge in [0.15, 0.2) is 0 Å². The van der Waals surface area contributed by atoms with Gasteiger partial charge in [-0.1, -0.05) is 36.4 Å².